The first-order valence-electron chi connectivity index (χ1n) is 5.97. The lowest BCUT2D eigenvalue weighted by Crippen LogP contribution is -2.34. The van der Waals surface area contributed by atoms with Gasteiger partial charge in [-0.1, -0.05) is 0 Å². The minimum atomic E-state index is -0.408. The highest BCUT2D eigenvalue weighted by atomic mass is 127. The highest BCUT2D eigenvalue weighted by Gasteiger charge is 2.08. The average molecular weight is 415 g/mol. The average Bonchev–Trinajstić information content (AvgIpc) is 2.43. The number of carbonyl (C=O) groups is 1. The van der Waals surface area contributed by atoms with Crippen molar-refractivity contribution in [1.82, 2.24) is 10.3 Å². The summed E-state index contributed by atoms with van der Waals surface area (Å²) >= 11 is 7.24. The molecule has 2 aromatic rings. The van der Waals surface area contributed by atoms with Crippen LogP contribution in [0, 0.1) is 16.3 Å². The second-order valence-corrected chi connectivity index (χ2v) is 5.75. The molecule has 21 heavy (non-hydrogen) atoms. The fourth-order valence-corrected chi connectivity index (χ4v) is 2.04. The Hall–Kier alpha value is -1.61. The second kappa shape index (κ2) is 6.90. The van der Waals surface area contributed by atoms with Crippen LogP contribution in [0.3, 0.4) is 0 Å². The molecule has 1 heterocycles. The standard InChI is InChI=1S/C14H11FIN3OS/c1-8-11(16)6-7-12(17-8)18-14(21)19-13(20)9-2-4-10(15)5-3-9/h2-7H,1H3,(H2,17,18,19,20,21). The fraction of sp³-hybridized carbons (Fsp3) is 0.0714. The number of halogens is 2. The van der Waals surface area contributed by atoms with Gasteiger partial charge in [0.1, 0.15) is 11.6 Å². The minimum Gasteiger partial charge on any atom is -0.317 e. The van der Waals surface area contributed by atoms with Crippen molar-refractivity contribution >= 4 is 51.6 Å². The summed E-state index contributed by atoms with van der Waals surface area (Å²) < 4.78 is 13.8. The van der Waals surface area contributed by atoms with Crippen LogP contribution in [-0.2, 0) is 0 Å². The number of aromatic nitrogens is 1. The maximum absolute atomic E-state index is 12.8. The summed E-state index contributed by atoms with van der Waals surface area (Å²) in [6.45, 7) is 1.88. The first-order valence-corrected chi connectivity index (χ1v) is 7.45. The van der Waals surface area contributed by atoms with Gasteiger partial charge in [-0.25, -0.2) is 9.37 Å². The molecule has 0 fully saturated rings. The molecule has 0 aliphatic carbocycles. The molecule has 108 valence electrons. The van der Waals surface area contributed by atoms with Gasteiger partial charge in [0.05, 0.1) is 5.69 Å². The zero-order valence-electron chi connectivity index (χ0n) is 11.0. The van der Waals surface area contributed by atoms with Gasteiger partial charge in [-0.3, -0.25) is 10.1 Å². The van der Waals surface area contributed by atoms with Crippen LogP contribution >= 0.6 is 34.8 Å². The van der Waals surface area contributed by atoms with Crippen LogP contribution in [0.4, 0.5) is 10.2 Å². The van der Waals surface area contributed by atoms with Crippen LogP contribution in [0.15, 0.2) is 36.4 Å². The number of anilines is 1. The Bertz CT molecular complexity index is 691. The third-order valence-corrected chi connectivity index (χ3v) is 3.94. The fourth-order valence-electron chi connectivity index (χ4n) is 1.54. The molecular weight excluding hydrogens is 404 g/mol. The Morgan fingerprint density at radius 3 is 2.52 bits per heavy atom. The smallest absolute Gasteiger partial charge is 0.257 e. The van der Waals surface area contributed by atoms with E-state index < -0.39 is 11.7 Å². The summed E-state index contributed by atoms with van der Waals surface area (Å²) in [5.41, 5.74) is 1.19. The van der Waals surface area contributed by atoms with Gasteiger partial charge in [0.25, 0.3) is 5.91 Å². The van der Waals surface area contributed by atoms with E-state index >= 15 is 0 Å². The van der Waals surface area contributed by atoms with Gasteiger partial charge in [-0.15, -0.1) is 0 Å². The van der Waals surface area contributed by atoms with E-state index in [1.807, 2.05) is 13.0 Å². The molecule has 0 atom stereocenters. The van der Waals surface area contributed by atoms with Crippen molar-refractivity contribution in [3.8, 4) is 0 Å². The van der Waals surface area contributed by atoms with Crippen molar-refractivity contribution in [2.24, 2.45) is 0 Å². The SMILES string of the molecule is Cc1nc(NC(=S)NC(=O)c2ccc(F)cc2)ccc1I. The molecular formula is C14H11FIN3OS. The summed E-state index contributed by atoms with van der Waals surface area (Å²) in [7, 11) is 0. The highest BCUT2D eigenvalue weighted by Crippen LogP contribution is 2.12. The van der Waals surface area contributed by atoms with E-state index in [-0.39, 0.29) is 5.11 Å². The van der Waals surface area contributed by atoms with Gasteiger partial charge < -0.3 is 5.32 Å². The molecule has 1 amide bonds. The number of hydrogen-bond donors (Lipinski definition) is 2. The Labute approximate surface area is 140 Å². The molecule has 0 bridgehead atoms. The predicted molar refractivity (Wildman–Crippen MR) is 91.8 cm³/mol. The minimum absolute atomic E-state index is 0.137. The van der Waals surface area contributed by atoms with Crippen molar-refractivity contribution in [3.05, 3.63) is 57.0 Å². The Balaban J connectivity index is 1.99. The van der Waals surface area contributed by atoms with Crippen LogP contribution in [0.1, 0.15) is 16.1 Å². The third-order valence-electron chi connectivity index (χ3n) is 2.60. The van der Waals surface area contributed by atoms with Gasteiger partial charge in [0.2, 0.25) is 0 Å². The highest BCUT2D eigenvalue weighted by molar-refractivity contribution is 14.1. The molecule has 4 nitrogen and oxygen atoms in total. The summed E-state index contributed by atoms with van der Waals surface area (Å²) in [4.78, 5) is 16.2. The number of benzene rings is 1. The molecule has 2 rings (SSSR count). The van der Waals surface area contributed by atoms with E-state index in [0.717, 1.165) is 9.26 Å². The van der Waals surface area contributed by atoms with Gasteiger partial charge >= 0.3 is 0 Å². The number of aryl methyl sites for hydroxylation is 1. The van der Waals surface area contributed by atoms with E-state index in [4.69, 9.17) is 12.2 Å². The van der Waals surface area contributed by atoms with Crippen molar-refractivity contribution < 1.29 is 9.18 Å². The molecule has 0 saturated carbocycles. The maximum atomic E-state index is 12.8. The van der Waals surface area contributed by atoms with Crippen molar-refractivity contribution in [2.75, 3.05) is 5.32 Å². The molecule has 0 aliphatic rings. The van der Waals surface area contributed by atoms with Gasteiger partial charge in [-0.05, 0) is 78.1 Å². The number of thiocarbonyl (C=S) groups is 1. The summed E-state index contributed by atoms with van der Waals surface area (Å²) in [5, 5.41) is 5.48. The lowest BCUT2D eigenvalue weighted by Gasteiger charge is -2.10. The lowest BCUT2D eigenvalue weighted by molar-refractivity contribution is 0.0977. The first-order chi connectivity index (χ1) is 9.95. The third kappa shape index (κ3) is 4.43. The van der Waals surface area contributed by atoms with E-state index in [9.17, 15) is 9.18 Å². The Morgan fingerprint density at radius 1 is 1.24 bits per heavy atom. The normalized spacial score (nSPS) is 10.0. The number of carbonyl (C=O) groups excluding carboxylic acids is 1. The van der Waals surface area contributed by atoms with Crippen molar-refractivity contribution in [2.45, 2.75) is 6.92 Å². The molecule has 0 spiro atoms. The molecule has 0 radical (unpaired) electrons. The first kappa shape index (κ1) is 15.8. The molecule has 2 N–H and O–H groups in total. The van der Waals surface area contributed by atoms with Gasteiger partial charge in [0.15, 0.2) is 5.11 Å². The molecule has 0 aliphatic heterocycles. The Morgan fingerprint density at radius 2 is 1.90 bits per heavy atom. The number of nitrogens with zero attached hydrogens (tertiary/aromatic N) is 1. The number of pyridine rings is 1. The maximum Gasteiger partial charge on any atom is 0.257 e. The van der Waals surface area contributed by atoms with Crippen LogP contribution in [0.25, 0.3) is 0 Å². The van der Waals surface area contributed by atoms with Crippen molar-refractivity contribution in [3.63, 3.8) is 0 Å². The molecule has 0 unspecified atom stereocenters. The number of nitrogens with one attached hydrogen (secondary N) is 2. The lowest BCUT2D eigenvalue weighted by atomic mass is 10.2. The number of hydrogen-bond acceptors (Lipinski definition) is 3. The monoisotopic (exact) mass is 415 g/mol. The van der Waals surface area contributed by atoms with Crippen molar-refractivity contribution in [1.29, 1.82) is 0 Å². The summed E-state index contributed by atoms with van der Waals surface area (Å²) in [6.07, 6.45) is 0. The van der Waals surface area contributed by atoms with Gasteiger partial charge in [0, 0.05) is 9.13 Å². The molecule has 7 heteroatoms. The quantitative estimate of drug-likeness (QED) is 0.584. The summed E-state index contributed by atoms with van der Waals surface area (Å²) in [6, 6.07) is 8.88. The van der Waals surface area contributed by atoms with Crippen LogP contribution < -0.4 is 10.6 Å². The second-order valence-electron chi connectivity index (χ2n) is 4.18. The number of amides is 1. The van der Waals surface area contributed by atoms with E-state index in [0.29, 0.717) is 11.4 Å². The van der Waals surface area contributed by atoms with Gasteiger partial charge in [-0.2, -0.15) is 0 Å². The van der Waals surface area contributed by atoms with Crippen LogP contribution in [0.5, 0.6) is 0 Å². The predicted octanol–water partition coefficient (Wildman–Crippen LogP) is 3.26. The molecule has 0 saturated heterocycles. The summed E-state index contributed by atoms with van der Waals surface area (Å²) in [5.74, 6) is -0.252. The van der Waals surface area contributed by atoms with Crippen LogP contribution in [-0.4, -0.2) is 16.0 Å². The topological polar surface area (TPSA) is 54.0 Å². The Kier molecular flexibility index (Phi) is 5.18. The molecule has 1 aromatic heterocycles. The van der Waals surface area contributed by atoms with Crippen LogP contribution in [0.2, 0.25) is 0 Å². The zero-order chi connectivity index (χ0) is 15.4. The van der Waals surface area contributed by atoms with E-state index in [1.54, 1.807) is 6.07 Å². The number of rotatable bonds is 2. The van der Waals surface area contributed by atoms with E-state index in [2.05, 4.69) is 38.2 Å². The largest absolute Gasteiger partial charge is 0.317 e. The van der Waals surface area contributed by atoms with E-state index in [1.165, 1.54) is 24.3 Å². The molecule has 1 aromatic carbocycles. The zero-order valence-corrected chi connectivity index (χ0v) is 14.0.